The lowest BCUT2D eigenvalue weighted by Gasteiger charge is -2.17. The van der Waals surface area contributed by atoms with E-state index < -0.39 is 6.43 Å². The number of hydrogen-bond donors (Lipinski definition) is 1. The van der Waals surface area contributed by atoms with Crippen molar-refractivity contribution in [2.24, 2.45) is 0 Å². The number of nitrogens with one attached hydrogen (secondary N) is 1. The van der Waals surface area contributed by atoms with Gasteiger partial charge in [0.1, 0.15) is 0 Å². The first kappa shape index (κ1) is 15.5. The second kappa shape index (κ2) is 6.47. The number of rotatable bonds is 4. The lowest BCUT2D eigenvalue weighted by molar-refractivity contribution is 0.151. The van der Waals surface area contributed by atoms with E-state index in [2.05, 4.69) is 20.2 Å². The molecule has 126 valence electrons. The van der Waals surface area contributed by atoms with E-state index in [-0.39, 0.29) is 5.56 Å². The Morgan fingerprint density at radius 1 is 1.04 bits per heavy atom. The molecule has 0 saturated heterocycles. The number of aromatic nitrogens is 2. The second-order valence-electron chi connectivity index (χ2n) is 5.87. The molecule has 0 amide bonds. The number of anilines is 2. The lowest BCUT2D eigenvalue weighted by Crippen LogP contribution is -2.22. The van der Waals surface area contributed by atoms with Crippen LogP contribution in [0.15, 0.2) is 60.9 Å². The highest BCUT2D eigenvalue weighted by molar-refractivity contribution is 5.77. The fourth-order valence-corrected chi connectivity index (χ4v) is 2.93. The van der Waals surface area contributed by atoms with Gasteiger partial charge in [0.05, 0.1) is 24.6 Å². The first-order valence-corrected chi connectivity index (χ1v) is 7.98. The van der Waals surface area contributed by atoms with E-state index in [0.717, 1.165) is 28.3 Å². The fraction of sp³-hybridized carbons (Fsp3) is 0.158. The summed E-state index contributed by atoms with van der Waals surface area (Å²) in [5, 5.41) is 3.25. The molecular formula is C19H16F2N4. The molecular weight excluding hydrogens is 322 g/mol. The zero-order chi connectivity index (χ0) is 17.2. The molecule has 1 aliphatic rings. The number of hydrogen-bond acceptors (Lipinski definition) is 4. The predicted molar refractivity (Wildman–Crippen MR) is 93.5 cm³/mol. The highest BCUT2D eigenvalue weighted by atomic mass is 19.3. The summed E-state index contributed by atoms with van der Waals surface area (Å²) in [7, 11) is 0. The van der Waals surface area contributed by atoms with Gasteiger partial charge in [0, 0.05) is 23.5 Å². The zero-order valence-corrected chi connectivity index (χ0v) is 13.4. The van der Waals surface area contributed by atoms with Gasteiger partial charge in [0.2, 0.25) is 0 Å². The summed E-state index contributed by atoms with van der Waals surface area (Å²) in [5.74, 6) is 0.796. The van der Waals surface area contributed by atoms with Crippen LogP contribution in [0, 0.1) is 0 Å². The Bertz CT molecular complexity index is 884. The Labute approximate surface area is 144 Å². The maximum absolute atomic E-state index is 12.9. The predicted octanol–water partition coefficient (Wildman–Crippen LogP) is 4.47. The number of nitrogens with zero attached hydrogens (tertiary/aromatic N) is 3. The van der Waals surface area contributed by atoms with Crippen LogP contribution in [0.4, 0.5) is 20.3 Å². The molecule has 0 radical (unpaired) electrons. The van der Waals surface area contributed by atoms with Gasteiger partial charge in [-0.1, -0.05) is 24.3 Å². The van der Waals surface area contributed by atoms with E-state index in [4.69, 9.17) is 0 Å². The van der Waals surface area contributed by atoms with Crippen molar-refractivity contribution >= 4 is 11.5 Å². The fourth-order valence-electron chi connectivity index (χ4n) is 2.93. The molecule has 0 bridgehead atoms. The van der Waals surface area contributed by atoms with E-state index >= 15 is 0 Å². The number of pyridine rings is 2. The molecule has 1 N–H and O–H groups in total. The number of fused-ring (bicyclic) bond motifs is 1. The summed E-state index contributed by atoms with van der Waals surface area (Å²) in [4.78, 5) is 10.9. The third kappa shape index (κ3) is 3.15. The Hall–Kier alpha value is -3.02. The second-order valence-corrected chi connectivity index (χ2v) is 5.87. The van der Waals surface area contributed by atoms with Crippen LogP contribution in [-0.4, -0.2) is 16.6 Å². The van der Waals surface area contributed by atoms with Crippen molar-refractivity contribution in [2.75, 3.05) is 16.9 Å². The van der Waals surface area contributed by atoms with Crippen LogP contribution >= 0.6 is 0 Å². The maximum Gasteiger partial charge on any atom is 0.263 e. The Morgan fingerprint density at radius 2 is 1.96 bits per heavy atom. The average Bonchev–Trinajstić information content (AvgIpc) is 3.05. The summed E-state index contributed by atoms with van der Waals surface area (Å²) >= 11 is 0. The molecule has 0 unspecified atom stereocenters. The third-order valence-corrected chi connectivity index (χ3v) is 4.20. The van der Waals surface area contributed by atoms with Crippen LogP contribution in [0.25, 0.3) is 11.1 Å². The van der Waals surface area contributed by atoms with Crippen molar-refractivity contribution in [3.8, 4) is 11.1 Å². The molecule has 0 fully saturated rings. The Morgan fingerprint density at radius 3 is 2.76 bits per heavy atom. The summed E-state index contributed by atoms with van der Waals surface area (Å²) < 4.78 is 25.9. The van der Waals surface area contributed by atoms with Crippen LogP contribution < -0.4 is 10.2 Å². The van der Waals surface area contributed by atoms with E-state index in [1.54, 1.807) is 18.5 Å². The lowest BCUT2D eigenvalue weighted by atomic mass is 10.0. The zero-order valence-electron chi connectivity index (χ0n) is 13.4. The highest BCUT2D eigenvalue weighted by Gasteiger charge is 2.21. The first-order chi connectivity index (χ1) is 12.2. The van der Waals surface area contributed by atoms with Gasteiger partial charge in [0.25, 0.3) is 6.43 Å². The summed E-state index contributed by atoms with van der Waals surface area (Å²) in [6.07, 6.45) is 0.995. The van der Waals surface area contributed by atoms with Gasteiger partial charge in [0.15, 0.2) is 5.82 Å². The molecule has 0 aliphatic carbocycles. The van der Waals surface area contributed by atoms with Crippen LogP contribution in [0.2, 0.25) is 0 Å². The normalized spacial score (nSPS) is 13.0. The SMILES string of the molecule is FC(F)c1cccc(-c2cnc3c(c2)N(Cc2ccccn2)CN3)c1. The van der Waals surface area contributed by atoms with Gasteiger partial charge in [-0.05, 0) is 29.8 Å². The molecule has 1 aromatic carbocycles. The van der Waals surface area contributed by atoms with Crippen LogP contribution in [-0.2, 0) is 6.54 Å². The maximum atomic E-state index is 12.9. The van der Waals surface area contributed by atoms with Crippen molar-refractivity contribution in [3.63, 3.8) is 0 Å². The van der Waals surface area contributed by atoms with Crippen molar-refractivity contribution in [2.45, 2.75) is 13.0 Å². The molecule has 0 saturated carbocycles. The molecule has 3 heterocycles. The molecule has 3 aromatic rings. The van der Waals surface area contributed by atoms with Crippen molar-refractivity contribution < 1.29 is 8.78 Å². The van der Waals surface area contributed by atoms with Gasteiger partial charge < -0.3 is 10.2 Å². The molecule has 4 rings (SSSR count). The summed E-state index contributed by atoms with van der Waals surface area (Å²) in [6.45, 7) is 1.29. The number of alkyl halides is 2. The van der Waals surface area contributed by atoms with Crippen molar-refractivity contribution in [1.82, 2.24) is 9.97 Å². The largest absolute Gasteiger partial charge is 0.351 e. The molecule has 6 heteroatoms. The van der Waals surface area contributed by atoms with Gasteiger partial charge in [-0.3, -0.25) is 4.98 Å². The minimum Gasteiger partial charge on any atom is -0.351 e. The van der Waals surface area contributed by atoms with Gasteiger partial charge >= 0.3 is 0 Å². The molecule has 1 aliphatic heterocycles. The van der Waals surface area contributed by atoms with E-state index in [0.29, 0.717) is 13.2 Å². The standard InChI is InChI=1S/C19H16F2N4/c20-18(21)14-5-3-4-13(8-14)15-9-17-19(23-10-15)24-12-25(17)11-16-6-1-2-7-22-16/h1-10,18H,11-12H2,(H,23,24). The van der Waals surface area contributed by atoms with E-state index in [9.17, 15) is 8.78 Å². The van der Waals surface area contributed by atoms with Gasteiger partial charge in [-0.2, -0.15) is 0 Å². The van der Waals surface area contributed by atoms with Gasteiger partial charge in [-0.15, -0.1) is 0 Å². The van der Waals surface area contributed by atoms with Crippen LogP contribution in [0.1, 0.15) is 17.7 Å². The van der Waals surface area contributed by atoms with Crippen molar-refractivity contribution in [1.29, 1.82) is 0 Å². The van der Waals surface area contributed by atoms with Crippen LogP contribution in [0.3, 0.4) is 0 Å². The molecule has 25 heavy (non-hydrogen) atoms. The summed E-state index contributed by atoms with van der Waals surface area (Å²) in [6, 6.07) is 14.2. The molecule has 0 spiro atoms. The smallest absolute Gasteiger partial charge is 0.263 e. The highest BCUT2D eigenvalue weighted by Crippen LogP contribution is 2.34. The molecule has 0 atom stereocenters. The quantitative estimate of drug-likeness (QED) is 0.762. The van der Waals surface area contributed by atoms with Gasteiger partial charge in [-0.25, -0.2) is 13.8 Å². The molecule has 4 nitrogen and oxygen atoms in total. The minimum atomic E-state index is -2.48. The Balaban J connectivity index is 1.65. The average molecular weight is 338 g/mol. The topological polar surface area (TPSA) is 41.1 Å². The van der Waals surface area contributed by atoms with Crippen LogP contribution in [0.5, 0.6) is 0 Å². The Kier molecular flexibility index (Phi) is 4.01. The van der Waals surface area contributed by atoms with E-state index in [1.807, 2.05) is 30.3 Å². The van der Waals surface area contributed by atoms with Crippen molar-refractivity contribution in [3.05, 3.63) is 72.2 Å². The summed E-state index contributed by atoms with van der Waals surface area (Å²) in [5.41, 5.74) is 3.48. The third-order valence-electron chi connectivity index (χ3n) is 4.20. The molecule has 2 aromatic heterocycles. The minimum absolute atomic E-state index is 0.0152. The first-order valence-electron chi connectivity index (χ1n) is 7.98. The number of benzene rings is 1. The monoisotopic (exact) mass is 338 g/mol. The van der Waals surface area contributed by atoms with E-state index in [1.165, 1.54) is 12.1 Å². The number of halogens is 2.